The zero-order valence-corrected chi connectivity index (χ0v) is 14.0. The Kier molecular flexibility index (Phi) is 6.02. The van der Waals surface area contributed by atoms with Gasteiger partial charge in [-0.1, -0.05) is 19.4 Å². The summed E-state index contributed by atoms with van der Waals surface area (Å²) in [6.45, 7) is 5.45. The zero-order valence-electron chi connectivity index (χ0n) is 14.0. The first kappa shape index (κ1) is 17.3. The van der Waals surface area contributed by atoms with Gasteiger partial charge in [0.15, 0.2) is 0 Å². The molecule has 1 aliphatic heterocycles. The summed E-state index contributed by atoms with van der Waals surface area (Å²) in [6, 6.07) is 7.01. The molecule has 2 rings (SSSR count). The van der Waals surface area contributed by atoms with Crippen molar-refractivity contribution in [3.63, 3.8) is 0 Å². The van der Waals surface area contributed by atoms with Crippen molar-refractivity contribution < 1.29 is 14.3 Å². The molecule has 5 heteroatoms. The Bertz CT molecular complexity index is 559. The molecular formula is C18H26N2O3. The molecule has 0 saturated carbocycles. The molecule has 126 valence electrons. The van der Waals surface area contributed by atoms with Gasteiger partial charge in [0.25, 0.3) is 0 Å². The molecule has 23 heavy (non-hydrogen) atoms. The number of rotatable bonds is 5. The third-order valence-corrected chi connectivity index (χ3v) is 4.38. The van der Waals surface area contributed by atoms with Crippen molar-refractivity contribution in [3.8, 4) is 5.75 Å². The van der Waals surface area contributed by atoms with Gasteiger partial charge in [-0.25, -0.2) is 0 Å². The molecular weight excluding hydrogens is 292 g/mol. The Balaban J connectivity index is 1.86. The first-order valence-corrected chi connectivity index (χ1v) is 8.29. The summed E-state index contributed by atoms with van der Waals surface area (Å²) in [5, 5.41) is 0. The largest absolute Gasteiger partial charge is 0.493 e. The molecule has 1 fully saturated rings. The third-order valence-electron chi connectivity index (χ3n) is 4.38. The molecule has 0 unspecified atom stereocenters. The third kappa shape index (κ3) is 4.98. The SMILES string of the molecule is C[C@@H]1CCC[C@H](C)N(C(=O)CCOc2cccc(C(N)=O)c2)C1. The summed E-state index contributed by atoms with van der Waals surface area (Å²) < 4.78 is 5.60. The molecule has 2 N–H and O–H groups in total. The van der Waals surface area contributed by atoms with Gasteiger partial charge in [-0.2, -0.15) is 0 Å². The van der Waals surface area contributed by atoms with Gasteiger partial charge in [0, 0.05) is 18.2 Å². The monoisotopic (exact) mass is 318 g/mol. The van der Waals surface area contributed by atoms with Crippen molar-refractivity contribution in [1.82, 2.24) is 4.90 Å². The molecule has 1 heterocycles. The average molecular weight is 318 g/mol. The van der Waals surface area contributed by atoms with Crippen LogP contribution in [-0.2, 0) is 4.79 Å². The predicted octanol–water partition coefficient (Wildman–Crippen LogP) is 2.59. The van der Waals surface area contributed by atoms with Crippen LogP contribution in [0.5, 0.6) is 5.75 Å². The van der Waals surface area contributed by atoms with E-state index in [4.69, 9.17) is 10.5 Å². The minimum absolute atomic E-state index is 0.136. The Labute approximate surface area is 137 Å². The van der Waals surface area contributed by atoms with Gasteiger partial charge in [0.1, 0.15) is 5.75 Å². The standard InChI is InChI=1S/C18H26N2O3/c1-13-5-3-6-14(2)20(12-13)17(21)9-10-23-16-8-4-7-15(11-16)18(19)22/h4,7-8,11,13-14H,3,5-6,9-10,12H2,1-2H3,(H2,19,22)/t13-,14+/m1/s1. The van der Waals surface area contributed by atoms with Crippen molar-refractivity contribution >= 4 is 11.8 Å². The van der Waals surface area contributed by atoms with Crippen LogP contribution < -0.4 is 10.5 Å². The number of nitrogens with two attached hydrogens (primary N) is 1. The Morgan fingerprint density at radius 1 is 1.30 bits per heavy atom. The normalized spacial score (nSPS) is 21.6. The van der Waals surface area contributed by atoms with E-state index in [0.29, 0.717) is 36.3 Å². The maximum atomic E-state index is 12.4. The molecule has 1 aromatic rings. The molecule has 2 amide bonds. The lowest BCUT2D eigenvalue weighted by Gasteiger charge is -2.28. The van der Waals surface area contributed by atoms with E-state index < -0.39 is 5.91 Å². The topological polar surface area (TPSA) is 72.6 Å². The van der Waals surface area contributed by atoms with Crippen LogP contribution >= 0.6 is 0 Å². The van der Waals surface area contributed by atoms with Gasteiger partial charge >= 0.3 is 0 Å². The fourth-order valence-electron chi connectivity index (χ4n) is 3.01. The highest BCUT2D eigenvalue weighted by molar-refractivity contribution is 5.93. The minimum atomic E-state index is -0.487. The highest BCUT2D eigenvalue weighted by Gasteiger charge is 2.24. The fraction of sp³-hybridized carbons (Fsp3) is 0.556. The summed E-state index contributed by atoms with van der Waals surface area (Å²) in [5.41, 5.74) is 5.65. The number of hydrogen-bond donors (Lipinski definition) is 1. The number of ether oxygens (including phenoxy) is 1. The van der Waals surface area contributed by atoms with Crippen molar-refractivity contribution in [2.45, 2.75) is 45.6 Å². The van der Waals surface area contributed by atoms with Crippen LogP contribution in [0.4, 0.5) is 0 Å². The summed E-state index contributed by atoms with van der Waals surface area (Å²) in [4.78, 5) is 25.6. The first-order valence-electron chi connectivity index (χ1n) is 8.29. The number of likely N-dealkylation sites (tertiary alicyclic amines) is 1. The van der Waals surface area contributed by atoms with E-state index >= 15 is 0 Å². The summed E-state index contributed by atoms with van der Waals surface area (Å²) in [7, 11) is 0. The van der Waals surface area contributed by atoms with E-state index in [1.165, 1.54) is 12.8 Å². The van der Waals surface area contributed by atoms with Gasteiger partial charge in [0.05, 0.1) is 13.0 Å². The second-order valence-electron chi connectivity index (χ2n) is 6.42. The van der Waals surface area contributed by atoms with Crippen molar-refractivity contribution in [1.29, 1.82) is 0 Å². The molecule has 2 atom stereocenters. The molecule has 5 nitrogen and oxygen atoms in total. The highest BCUT2D eigenvalue weighted by Crippen LogP contribution is 2.21. The predicted molar refractivity (Wildman–Crippen MR) is 89.3 cm³/mol. The molecule has 0 aromatic heterocycles. The van der Waals surface area contributed by atoms with Crippen LogP contribution in [0.15, 0.2) is 24.3 Å². The lowest BCUT2D eigenvalue weighted by atomic mass is 10.1. The maximum Gasteiger partial charge on any atom is 0.248 e. The van der Waals surface area contributed by atoms with Crippen LogP contribution in [0.1, 0.15) is 49.9 Å². The maximum absolute atomic E-state index is 12.4. The minimum Gasteiger partial charge on any atom is -0.493 e. The van der Waals surface area contributed by atoms with Crippen LogP contribution in [0.2, 0.25) is 0 Å². The van der Waals surface area contributed by atoms with Crippen LogP contribution in [0.3, 0.4) is 0 Å². The van der Waals surface area contributed by atoms with Gasteiger partial charge in [0.2, 0.25) is 11.8 Å². The van der Waals surface area contributed by atoms with Crippen molar-refractivity contribution in [3.05, 3.63) is 29.8 Å². The summed E-state index contributed by atoms with van der Waals surface area (Å²) >= 11 is 0. The van der Waals surface area contributed by atoms with E-state index in [9.17, 15) is 9.59 Å². The number of benzene rings is 1. The lowest BCUT2D eigenvalue weighted by molar-refractivity contribution is -0.134. The van der Waals surface area contributed by atoms with Gasteiger partial charge in [-0.3, -0.25) is 9.59 Å². The lowest BCUT2D eigenvalue weighted by Crippen LogP contribution is -2.40. The van der Waals surface area contributed by atoms with Gasteiger partial charge < -0.3 is 15.4 Å². The van der Waals surface area contributed by atoms with E-state index in [-0.39, 0.29) is 5.91 Å². The van der Waals surface area contributed by atoms with Gasteiger partial charge in [-0.15, -0.1) is 0 Å². The summed E-state index contributed by atoms with van der Waals surface area (Å²) in [6.07, 6.45) is 3.78. The van der Waals surface area contributed by atoms with E-state index in [1.807, 2.05) is 4.90 Å². The number of amides is 2. The number of hydrogen-bond acceptors (Lipinski definition) is 3. The second kappa shape index (κ2) is 7.99. The zero-order chi connectivity index (χ0) is 16.8. The van der Waals surface area contributed by atoms with Crippen LogP contribution in [-0.4, -0.2) is 35.9 Å². The highest BCUT2D eigenvalue weighted by atomic mass is 16.5. The molecule has 0 spiro atoms. The molecule has 0 aliphatic carbocycles. The van der Waals surface area contributed by atoms with Crippen LogP contribution in [0.25, 0.3) is 0 Å². The van der Waals surface area contributed by atoms with Crippen LogP contribution in [0, 0.1) is 5.92 Å². The second-order valence-corrected chi connectivity index (χ2v) is 6.42. The Morgan fingerprint density at radius 2 is 2.09 bits per heavy atom. The van der Waals surface area contributed by atoms with E-state index in [0.717, 1.165) is 13.0 Å². The van der Waals surface area contributed by atoms with E-state index in [2.05, 4.69) is 13.8 Å². The van der Waals surface area contributed by atoms with Crippen molar-refractivity contribution in [2.24, 2.45) is 11.7 Å². The molecule has 1 aromatic carbocycles. The van der Waals surface area contributed by atoms with Crippen molar-refractivity contribution in [2.75, 3.05) is 13.2 Å². The molecule has 1 saturated heterocycles. The Hall–Kier alpha value is -2.04. The fourth-order valence-corrected chi connectivity index (χ4v) is 3.01. The smallest absolute Gasteiger partial charge is 0.248 e. The molecule has 1 aliphatic rings. The number of nitrogens with zero attached hydrogens (tertiary/aromatic N) is 1. The van der Waals surface area contributed by atoms with Gasteiger partial charge in [-0.05, 0) is 43.9 Å². The average Bonchev–Trinajstić information content (AvgIpc) is 2.68. The number of carbonyl (C=O) groups excluding carboxylic acids is 2. The number of carbonyl (C=O) groups is 2. The Morgan fingerprint density at radius 3 is 2.83 bits per heavy atom. The summed E-state index contributed by atoms with van der Waals surface area (Å²) in [5.74, 6) is 0.764. The molecule has 0 bridgehead atoms. The quantitative estimate of drug-likeness (QED) is 0.907. The first-order chi connectivity index (χ1) is 11.0. The number of primary amides is 1. The molecule has 0 radical (unpaired) electrons. The van der Waals surface area contributed by atoms with E-state index in [1.54, 1.807) is 24.3 Å².